The first-order chi connectivity index (χ1) is 10.6. The Balaban J connectivity index is 1.75. The Bertz CT molecular complexity index is 666. The van der Waals surface area contributed by atoms with Gasteiger partial charge < -0.3 is 10.3 Å². The molecule has 4 heteroatoms. The number of rotatable bonds is 2. The molecule has 2 aromatic rings. The second-order valence-electron chi connectivity index (χ2n) is 6.54. The van der Waals surface area contributed by atoms with Crippen LogP contribution in [0.5, 0.6) is 0 Å². The van der Waals surface area contributed by atoms with E-state index in [0.717, 1.165) is 35.1 Å². The second kappa shape index (κ2) is 6.51. The van der Waals surface area contributed by atoms with Crippen molar-refractivity contribution in [2.75, 3.05) is 0 Å². The van der Waals surface area contributed by atoms with Gasteiger partial charge in [0.1, 0.15) is 11.3 Å². The topological polar surface area (TPSA) is 57.8 Å². The normalized spacial score (nSPS) is 17.2. The van der Waals surface area contributed by atoms with E-state index in [9.17, 15) is 4.79 Å². The third kappa shape index (κ3) is 3.32. The molecule has 1 aliphatic carbocycles. The highest BCUT2D eigenvalue weighted by Gasteiger charge is 2.17. The number of amides is 1. The molecule has 0 unspecified atom stereocenters. The SMILES string of the molecule is Cc1cc(C)c2cc(C(=O)NC3CCCCCCC3)[nH]c2n1. The summed E-state index contributed by atoms with van der Waals surface area (Å²) in [5.41, 5.74) is 3.56. The first-order valence-corrected chi connectivity index (χ1v) is 8.41. The van der Waals surface area contributed by atoms with E-state index >= 15 is 0 Å². The molecule has 2 N–H and O–H groups in total. The van der Waals surface area contributed by atoms with Crippen molar-refractivity contribution >= 4 is 16.9 Å². The fourth-order valence-corrected chi connectivity index (χ4v) is 3.42. The Hall–Kier alpha value is -1.84. The molecule has 1 fully saturated rings. The number of carbonyl (C=O) groups is 1. The summed E-state index contributed by atoms with van der Waals surface area (Å²) in [6.07, 6.45) is 8.56. The number of pyridine rings is 1. The van der Waals surface area contributed by atoms with Crippen molar-refractivity contribution < 1.29 is 4.79 Å². The minimum Gasteiger partial charge on any atom is -0.348 e. The van der Waals surface area contributed by atoms with E-state index in [-0.39, 0.29) is 5.91 Å². The highest BCUT2D eigenvalue weighted by atomic mass is 16.1. The molecule has 118 valence electrons. The van der Waals surface area contributed by atoms with Crippen molar-refractivity contribution in [1.29, 1.82) is 0 Å². The summed E-state index contributed by atoms with van der Waals surface area (Å²) in [5.74, 6) is 0.000580. The number of nitrogens with zero attached hydrogens (tertiary/aromatic N) is 1. The van der Waals surface area contributed by atoms with Crippen LogP contribution in [0.4, 0.5) is 0 Å². The lowest BCUT2D eigenvalue weighted by atomic mass is 9.96. The van der Waals surface area contributed by atoms with Crippen molar-refractivity contribution in [2.45, 2.75) is 64.8 Å². The van der Waals surface area contributed by atoms with E-state index in [4.69, 9.17) is 0 Å². The molecule has 3 rings (SSSR count). The fraction of sp³-hybridized carbons (Fsp3) is 0.556. The molecule has 1 saturated carbocycles. The third-order valence-corrected chi connectivity index (χ3v) is 4.62. The van der Waals surface area contributed by atoms with E-state index in [1.807, 2.05) is 19.1 Å². The maximum absolute atomic E-state index is 12.5. The monoisotopic (exact) mass is 299 g/mol. The number of aromatic nitrogens is 2. The van der Waals surface area contributed by atoms with Crippen molar-refractivity contribution in [3.63, 3.8) is 0 Å². The van der Waals surface area contributed by atoms with Gasteiger partial charge in [-0.15, -0.1) is 0 Å². The van der Waals surface area contributed by atoms with Crippen LogP contribution >= 0.6 is 0 Å². The smallest absolute Gasteiger partial charge is 0.267 e. The Morgan fingerprint density at radius 1 is 1.14 bits per heavy atom. The van der Waals surface area contributed by atoms with Gasteiger partial charge in [0, 0.05) is 17.1 Å². The van der Waals surface area contributed by atoms with E-state index in [1.165, 1.54) is 32.1 Å². The molecule has 2 aromatic heterocycles. The molecule has 4 nitrogen and oxygen atoms in total. The number of nitrogens with one attached hydrogen (secondary N) is 2. The van der Waals surface area contributed by atoms with Crippen LogP contribution in [0.3, 0.4) is 0 Å². The van der Waals surface area contributed by atoms with Crippen LogP contribution in [-0.4, -0.2) is 21.9 Å². The van der Waals surface area contributed by atoms with Gasteiger partial charge in [-0.25, -0.2) is 4.98 Å². The average Bonchev–Trinajstić information content (AvgIpc) is 2.85. The molecule has 0 bridgehead atoms. The molecule has 0 aliphatic heterocycles. The van der Waals surface area contributed by atoms with Crippen LogP contribution in [0.2, 0.25) is 0 Å². The maximum atomic E-state index is 12.5. The summed E-state index contributed by atoms with van der Waals surface area (Å²) in [4.78, 5) is 20.2. The standard InChI is InChI=1S/C18H25N3O/c1-12-10-13(2)19-17-15(12)11-16(21-17)18(22)20-14-8-6-4-3-5-7-9-14/h10-11,14H,3-9H2,1-2H3,(H,19,21)(H,20,22). The van der Waals surface area contributed by atoms with Crippen LogP contribution in [0.15, 0.2) is 12.1 Å². The quantitative estimate of drug-likeness (QED) is 0.880. The van der Waals surface area contributed by atoms with Gasteiger partial charge in [-0.2, -0.15) is 0 Å². The van der Waals surface area contributed by atoms with Crippen molar-refractivity contribution in [2.24, 2.45) is 0 Å². The largest absolute Gasteiger partial charge is 0.348 e. The van der Waals surface area contributed by atoms with Gasteiger partial charge in [0.15, 0.2) is 0 Å². The zero-order chi connectivity index (χ0) is 15.5. The average molecular weight is 299 g/mol. The molecule has 0 spiro atoms. The Labute approximate surface area is 131 Å². The summed E-state index contributed by atoms with van der Waals surface area (Å²) in [6, 6.07) is 4.29. The van der Waals surface area contributed by atoms with E-state index in [2.05, 4.69) is 22.2 Å². The van der Waals surface area contributed by atoms with Gasteiger partial charge in [-0.1, -0.05) is 32.1 Å². The third-order valence-electron chi connectivity index (χ3n) is 4.62. The van der Waals surface area contributed by atoms with Gasteiger partial charge in [-0.05, 0) is 44.4 Å². The molecule has 2 heterocycles. The zero-order valence-electron chi connectivity index (χ0n) is 13.5. The van der Waals surface area contributed by atoms with Crippen LogP contribution in [0.25, 0.3) is 11.0 Å². The minimum atomic E-state index is 0.000580. The number of fused-ring (bicyclic) bond motifs is 1. The van der Waals surface area contributed by atoms with Crippen molar-refractivity contribution in [3.05, 3.63) is 29.1 Å². The number of H-pyrrole nitrogens is 1. The molecule has 1 amide bonds. The molecule has 0 radical (unpaired) electrons. The number of hydrogen-bond donors (Lipinski definition) is 2. The molecule has 0 saturated heterocycles. The lowest BCUT2D eigenvalue weighted by Crippen LogP contribution is -2.35. The summed E-state index contributed by atoms with van der Waals surface area (Å²) in [6.45, 7) is 4.03. The Morgan fingerprint density at radius 3 is 2.55 bits per heavy atom. The second-order valence-corrected chi connectivity index (χ2v) is 6.54. The highest BCUT2D eigenvalue weighted by Crippen LogP contribution is 2.20. The summed E-state index contributed by atoms with van der Waals surface area (Å²) >= 11 is 0. The zero-order valence-corrected chi connectivity index (χ0v) is 13.5. The molecule has 0 atom stereocenters. The van der Waals surface area contributed by atoms with E-state index in [1.54, 1.807) is 0 Å². The number of aryl methyl sites for hydroxylation is 2. The fourth-order valence-electron chi connectivity index (χ4n) is 3.42. The Morgan fingerprint density at radius 2 is 1.82 bits per heavy atom. The lowest BCUT2D eigenvalue weighted by Gasteiger charge is -2.20. The van der Waals surface area contributed by atoms with Crippen LogP contribution in [-0.2, 0) is 0 Å². The summed E-state index contributed by atoms with van der Waals surface area (Å²) < 4.78 is 0. The van der Waals surface area contributed by atoms with Gasteiger partial charge in [-0.3, -0.25) is 4.79 Å². The first-order valence-electron chi connectivity index (χ1n) is 8.41. The van der Waals surface area contributed by atoms with Gasteiger partial charge in [0.25, 0.3) is 5.91 Å². The molecule has 1 aliphatic rings. The van der Waals surface area contributed by atoms with E-state index in [0.29, 0.717) is 11.7 Å². The van der Waals surface area contributed by atoms with Crippen LogP contribution in [0.1, 0.15) is 66.7 Å². The van der Waals surface area contributed by atoms with Gasteiger partial charge >= 0.3 is 0 Å². The maximum Gasteiger partial charge on any atom is 0.267 e. The Kier molecular flexibility index (Phi) is 4.46. The molecular weight excluding hydrogens is 274 g/mol. The van der Waals surface area contributed by atoms with Crippen molar-refractivity contribution in [3.8, 4) is 0 Å². The minimum absolute atomic E-state index is 0.000580. The summed E-state index contributed by atoms with van der Waals surface area (Å²) in [7, 11) is 0. The molecular formula is C18H25N3O. The van der Waals surface area contributed by atoms with Gasteiger partial charge in [0.05, 0.1) is 0 Å². The first kappa shape index (κ1) is 15.1. The predicted octanol–water partition coefficient (Wildman–Crippen LogP) is 4.02. The molecule has 22 heavy (non-hydrogen) atoms. The van der Waals surface area contributed by atoms with Gasteiger partial charge in [0.2, 0.25) is 0 Å². The van der Waals surface area contributed by atoms with Crippen LogP contribution < -0.4 is 5.32 Å². The number of carbonyl (C=O) groups excluding carboxylic acids is 1. The predicted molar refractivity (Wildman–Crippen MR) is 89.1 cm³/mol. The van der Waals surface area contributed by atoms with E-state index < -0.39 is 0 Å². The lowest BCUT2D eigenvalue weighted by molar-refractivity contribution is 0.0926. The number of aromatic amines is 1. The molecule has 0 aromatic carbocycles. The summed E-state index contributed by atoms with van der Waals surface area (Å²) in [5, 5.41) is 4.24. The van der Waals surface area contributed by atoms with Crippen LogP contribution in [0, 0.1) is 13.8 Å². The number of hydrogen-bond acceptors (Lipinski definition) is 2. The highest BCUT2D eigenvalue weighted by molar-refractivity contribution is 5.98. The van der Waals surface area contributed by atoms with Crippen molar-refractivity contribution in [1.82, 2.24) is 15.3 Å².